The summed E-state index contributed by atoms with van der Waals surface area (Å²) in [5.74, 6) is -0.318. The normalized spacial score (nSPS) is 16.2. The van der Waals surface area contributed by atoms with Crippen LogP contribution in [0.2, 0.25) is 0 Å². The van der Waals surface area contributed by atoms with Crippen LogP contribution >= 0.6 is 0 Å². The maximum atomic E-state index is 12.6. The van der Waals surface area contributed by atoms with Gasteiger partial charge in [0.2, 0.25) is 10.0 Å². The second-order valence-electron chi connectivity index (χ2n) is 5.23. The molecule has 0 aromatic heterocycles. The molecule has 0 saturated carbocycles. The number of aliphatic hydroxyl groups is 1. The van der Waals surface area contributed by atoms with Gasteiger partial charge in [-0.3, -0.25) is 4.79 Å². The number of ether oxygens (including phenoxy) is 1. The smallest absolute Gasteiger partial charge is 0.251 e. The van der Waals surface area contributed by atoms with Crippen LogP contribution in [0.1, 0.15) is 23.2 Å². The van der Waals surface area contributed by atoms with Crippen molar-refractivity contribution in [2.45, 2.75) is 17.7 Å². The van der Waals surface area contributed by atoms with Gasteiger partial charge in [0.25, 0.3) is 5.91 Å². The molecule has 128 valence electrons. The van der Waals surface area contributed by atoms with Crippen molar-refractivity contribution in [3.63, 3.8) is 0 Å². The molecule has 1 saturated heterocycles. The number of hydrogen-bond acceptors (Lipinski definition) is 5. The Bertz CT molecular complexity index is 627. The summed E-state index contributed by atoms with van der Waals surface area (Å²) in [4.78, 5) is 12.2. The predicted octanol–water partition coefficient (Wildman–Crippen LogP) is 0.210. The third-order valence-electron chi connectivity index (χ3n) is 3.57. The quantitative estimate of drug-likeness (QED) is 0.691. The van der Waals surface area contributed by atoms with Crippen LogP contribution in [-0.4, -0.2) is 63.2 Å². The Kier molecular flexibility index (Phi) is 6.52. The van der Waals surface area contributed by atoms with Crippen LogP contribution in [0.4, 0.5) is 0 Å². The van der Waals surface area contributed by atoms with Gasteiger partial charge >= 0.3 is 0 Å². The van der Waals surface area contributed by atoms with E-state index in [1.54, 1.807) is 12.1 Å². The van der Waals surface area contributed by atoms with E-state index in [2.05, 4.69) is 5.32 Å². The van der Waals surface area contributed by atoms with Gasteiger partial charge in [-0.15, -0.1) is 0 Å². The molecule has 0 atom stereocenters. The molecule has 7 nitrogen and oxygen atoms in total. The molecule has 1 heterocycles. The molecule has 8 heteroatoms. The van der Waals surface area contributed by atoms with Crippen molar-refractivity contribution < 1.29 is 23.1 Å². The SMILES string of the molecule is O=C(NCCCCO)c1cccc(S(=O)(=O)N2CCOCC2)c1. The van der Waals surface area contributed by atoms with Crippen molar-refractivity contribution in [1.29, 1.82) is 0 Å². The van der Waals surface area contributed by atoms with Crippen LogP contribution in [-0.2, 0) is 14.8 Å². The van der Waals surface area contributed by atoms with Gasteiger partial charge in [-0.25, -0.2) is 8.42 Å². The summed E-state index contributed by atoms with van der Waals surface area (Å²) < 4.78 is 31.7. The first kappa shape index (κ1) is 17.9. The molecule has 2 rings (SSSR count). The highest BCUT2D eigenvalue weighted by Gasteiger charge is 2.26. The van der Waals surface area contributed by atoms with Gasteiger partial charge in [0.15, 0.2) is 0 Å². The summed E-state index contributed by atoms with van der Waals surface area (Å²) in [5.41, 5.74) is 0.309. The third-order valence-corrected chi connectivity index (χ3v) is 5.47. The van der Waals surface area contributed by atoms with Gasteiger partial charge in [-0.1, -0.05) is 6.07 Å². The molecule has 1 fully saturated rings. The maximum absolute atomic E-state index is 12.6. The molecule has 1 aliphatic heterocycles. The fourth-order valence-electron chi connectivity index (χ4n) is 2.27. The average Bonchev–Trinajstić information content (AvgIpc) is 2.59. The van der Waals surface area contributed by atoms with E-state index in [1.165, 1.54) is 16.4 Å². The first-order chi connectivity index (χ1) is 11.1. The Balaban J connectivity index is 2.08. The van der Waals surface area contributed by atoms with E-state index in [-0.39, 0.29) is 17.4 Å². The summed E-state index contributed by atoms with van der Waals surface area (Å²) in [5, 5.41) is 11.4. The zero-order valence-corrected chi connectivity index (χ0v) is 13.7. The topological polar surface area (TPSA) is 95.9 Å². The Morgan fingerprint density at radius 3 is 2.70 bits per heavy atom. The van der Waals surface area contributed by atoms with Crippen molar-refractivity contribution in [3.05, 3.63) is 29.8 Å². The number of amides is 1. The second-order valence-corrected chi connectivity index (χ2v) is 7.17. The number of morpholine rings is 1. The average molecular weight is 342 g/mol. The number of carbonyl (C=O) groups is 1. The second kappa shape index (κ2) is 8.39. The molecule has 2 N–H and O–H groups in total. The number of nitrogens with one attached hydrogen (secondary N) is 1. The van der Waals surface area contributed by atoms with E-state index < -0.39 is 10.0 Å². The van der Waals surface area contributed by atoms with E-state index in [0.717, 1.165) is 0 Å². The molecule has 0 bridgehead atoms. The van der Waals surface area contributed by atoms with Crippen LogP contribution in [0.15, 0.2) is 29.2 Å². The Labute approximate surface area is 136 Å². The summed E-state index contributed by atoms with van der Waals surface area (Å²) >= 11 is 0. The first-order valence-electron chi connectivity index (χ1n) is 7.63. The summed E-state index contributed by atoms with van der Waals surface area (Å²) in [7, 11) is -3.61. The number of unbranched alkanes of at least 4 members (excludes halogenated alkanes) is 1. The molecule has 0 radical (unpaired) electrons. The van der Waals surface area contributed by atoms with Crippen LogP contribution in [0, 0.1) is 0 Å². The zero-order chi connectivity index (χ0) is 16.7. The lowest BCUT2D eigenvalue weighted by Crippen LogP contribution is -2.40. The predicted molar refractivity (Wildman–Crippen MR) is 84.7 cm³/mol. The number of aliphatic hydroxyl groups excluding tert-OH is 1. The summed E-state index contributed by atoms with van der Waals surface area (Å²) in [6.07, 6.45) is 1.29. The van der Waals surface area contributed by atoms with Crippen LogP contribution in [0.3, 0.4) is 0 Å². The number of rotatable bonds is 7. The van der Waals surface area contributed by atoms with Gasteiger partial charge in [-0.2, -0.15) is 4.31 Å². The maximum Gasteiger partial charge on any atom is 0.251 e. The lowest BCUT2D eigenvalue weighted by Gasteiger charge is -2.26. The van der Waals surface area contributed by atoms with E-state index in [1.807, 2.05) is 0 Å². The minimum atomic E-state index is -3.61. The first-order valence-corrected chi connectivity index (χ1v) is 9.07. The third kappa shape index (κ3) is 4.74. The Hall–Kier alpha value is -1.48. The number of nitrogens with zero attached hydrogens (tertiary/aromatic N) is 1. The summed E-state index contributed by atoms with van der Waals surface area (Å²) in [6.45, 7) is 1.93. The lowest BCUT2D eigenvalue weighted by molar-refractivity contribution is 0.0730. The van der Waals surface area contributed by atoms with Crippen molar-refractivity contribution >= 4 is 15.9 Å². The molecule has 0 unspecified atom stereocenters. The van der Waals surface area contributed by atoms with Crippen molar-refractivity contribution in [3.8, 4) is 0 Å². The van der Waals surface area contributed by atoms with Crippen molar-refractivity contribution in [2.24, 2.45) is 0 Å². The van der Waals surface area contributed by atoms with Gasteiger partial charge in [0.05, 0.1) is 18.1 Å². The van der Waals surface area contributed by atoms with Crippen LogP contribution < -0.4 is 5.32 Å². The van der Waals surface area contributed by atoms with Gasteiger partial charge in [0, 0.05) is 31.8 Å². The number of sulfonamides is 1. The van der Waals surface area contributed by atoms with Gasteiger partial charge < -0.3 is 15.2 Å². The standard InChI is InChI=1S/C15H22N2O5S/c18-9-2-1-6-16-15(19)13-4-3-5-14(12-13)23(20,21)17-7-10-22-11-8-17/h3-5,12,18H,1-2,6-11H2,(H,16,19). The van der Waals surface area contributed by atoms with Crippen molar-refractivity contribution in [2.75, 3.05) is 39.5 Å². The van der Waals surface area contributed by atoms with Gasteiger partial charge in [-0.05, 0) is 31.0 Å². The van der Waals surface area contributed by atoms with E-state index in [9.17, 15) is 13.2 Å². The minimum absolute atomic E-state index is 0.0865. The van der Waals surface area contributed by atoms with Crippen molar-refractivity contribution in [1.82, 2.24) is 9.62 Å². The molecule has 1 aromatic carbocycles. The highest BCUT2D eigenvalue weighted by molar-refractivity contribution is 7.89. The molecular formula is C15H22N2O5S. The Morgan fingerprint density at radius 2 is 2.00 bits per heavy atom. The highest BCUT2D eigenvalue weighted by Crippen LogP contribution is 2.18. The van der Waals surface area contributed by atoms with Crippen LogP contribution in [0.25, 0.3) is 0 Å². The van der Waals surface area contributed by atoms with E-state index >= 15 is 0 Å². The minimum Gasteiger partial charge on any atom is -0.396 e. The summed E-state index contributed by atoms with van der Waals surface area (Å²) in [6, 6.07) is 6.04. The molecule has 1 aromatic rings. The Morgan fingerprint density at radius 1 is 1.26 bits per heavy atom. The molecular weight excluding hydrogens is 320 g/mol. The molecule has 0 aliphatic carbocycles. The number of benzene rings is 1. The largest absolute Gasteiger partial charge is 0.396 e. The number of carbonyl (C=O) groups excluding carboxylic acids is 1. The molecule has 1 amide bonds. The zero-order valence-electron chi connectivity index (χ0n) is 12.9. The van der Waals surface area contributed by atoms with E-state index in [4.69, 9.17) is 9.84 Å². The number of hydrogen-bond donors (Lipinski definition) is 2. The molecule has 23 heavy (non-hydrogen) atoms. The molecule has 1 aliphatic rings. The van der Waals surface area contributed by atoms with E-state index in [0.29, 0.717) is 51.3 Å². The fraction of sp³-hybridized carbons (Fsp3) is 0.533. The monoisotopic (exact) mass is 342 g/mol. The lowest BCUT2D eigenvalue weighted by atomic mass is 10.2. The van der Waals surface area contributed by atoms with Crippen LogP contribution in [0.5, 0.6) is 0 Å². The fourth-order valence-corrected chi connectivity index (χ4v) is 3.73. The van der Waals surface area contributed by atoms with Gasteiger partial charge in [0.1, 0.15) is 0 Å². The molecule has 0 spiro atoms. The highest BCUT2D eigenvalue weighted by atomic mass is 32.2.